The molecule has 0 unspecified atom stereocenters. The monoisotopic (exact) mass is 412 g/mol. The summed E-state index contributed by atoms with van der Waals surface area (Å²) < 4.78 is 0. The second-order valence-corrected chi connectivity index (χ2v) is 7.29. The lowest BCUT2D eigenvalue weighted by molar-refractivity contribution is 0.963. The molecule has 1 heterocycles. The van der Waals surface area contributed by atoms with Crippen molar-refractivity contribution in [2.24, 2.45) is 20.7 Å². The van der Waals surface area contributed by atoms with E-state index in [1.807, 2.05) is 97.1 Å². The Bertz CT molecular complexity index is 1210. The van der Waals surface area contributed by atoms with Crippen molar-refractivity contribution in [2.45, 2.75) is 0 Å². The number of allylic oxidation sites excluding steroid dienone is 2. The molecule has 152 valence electrons. The first-order chi connectivity index (χ1) is 15.9. The van der Waals surface area contributed by atoms with Crippen LogP contribution in [0.5, 0.6) is 0 Å². The van der Waals surface area contributed by atoms with Crippen LogP contribution in [-0.2, 0) is 0 Å². The normalized spacial score (nSPS) is 13.8. The highest BCUT2D eigenvalue weighted by Crippen LogP contribution is 2.43. The summed E-state index contributed by atoms with van der Waals surface area (Å²) in [5, 5.41) is 17.2. The third-order valence-corrected chi connectivity index (χ3v) is 5.27. The van der Waals surface area contributed by atoms with Crippen LogP contribution in [0, 0.1) is 0 Å². The van der Waals surface area contributed by atoms with Gasteiger partial charge in [-0.15, -0.1) is 10.2 Å². The van der Waals surface area contributed by atoms with Crippen molar-refractivity contribution >= 4 is 22.5 Å². The molecule has 1 aliphatic rings. The predicted octanol–water partition coefficient (Wildman–Crippen LogP) is 7.96. The summed E-state index contributed by atoms with van der Waals surface area (Å²) in [4.78, 5) is 0. The maximum absolute atomic E-state index is 4.53. The summed E-state index contributed by atoms with van der Waals surface area (Å²) in [6.45, 7) is 0. The van der Waals surface area contributed by atoms with E-state index >= 15 is 0 Å². The zero-order valence-electron chi connectivity index (χ0n) is 17.3. The van der Waals surface area contributed by atoms with Crippen LogP contribution >= 0.6 is 0 Å². The maximum Gasteiger partial charge on any atom is 0.103 e. The standard InChI is InChI=1S/C28H20N4/c1-5-13-21(14-6-1)25-26(22-15-7-2-8-16-22)28(24-19-11-4-12-20-24)30-32-31-29-27(25)23-17-9-3-10-18-23/h1-20H. The minimum Gasteiger partial charge on any atom is -0.128 e. The molecule has 4 aromatic rings. The van der Waals surface area contributed by atoms with E-state index in [0.717, 1.165) is 44.8 Å². The molecule has 0 N–H and O–H groups in total. The molecule has 0 saturated carbocycles. The van der Waals surface area contributed by atoms with Crippen LogP contribution in [-0.4, -0.2) is 0 Å². The van der Waals surface area contributed by atoms with Gasteiger partial charge in [-0.1, -0.05) is 121 Å². The van der Waals surface area contributed by atoms with E-state index in [-0.39, 0.29) is 0 Å². The fourth-order valence-corrected chi connectivity index (χ4v) is 3.83. The molecular formula is C28H20N4. The van der Waals surface area contributed by atoms with E-state index in [4.69, 9.17) is 0 Å². The largest absolute Gasteiger partial charge is 0.128 e. The van der Waals surface area contributed by atoms with Crippen molar-refractivity contribution in [3.05, 3.63) is 144 Å². The van der Waals surface area contributed by atoms with E-state index in [9.17, 15) is 0 Å². The molecular weight excluding hydrogens is 392 g/mol. The average Bonchev–Trinajstić information content (AvgIpc) is 2.86. The van der Waals surface area contributed by atoms with Crippen LogP contribution in [0.4, 0.5) is 0 Å². The lowest BCUT2D eigenvalue weighted by Crippen LogP contribution is -1.99. The molecule has 32 heavy (non-hydrogen) atoms. The first kappa shape index (κ1) is 19.5. The van der Waals surface area contributed by atoms with Gasteiger partial charge >= 0.3 is 0 Å². The molecule has 0 amide bonds. The summed E-state index contributed by atoms with van der Waals surface area (Å²) in [5.74, 6) is 0. The SMILES string of the molecule is c1ccc(C2=C(c3ccccc3)C(c3ccccc3)=C(c3ccccc3)N=NN=N2)cc1. The van der Waals surface area contributed by atoms with E-state index in [0.29, 0.717) is 0 Å². The van der Waals surface area contributed by atoms with Crippen LogP contribution in [0.15, 0.2) is 142 Å². The van der Waals surface area contributed by atoms with E-state index < -0.39 is 0 Å². The third-order valence-electron chi connectivity index (χ3n) is 5.27. The van der Waals surface area contributed by atoms with Gasteiger partial charge in [-0.3, -0.25) is 0 Å². The maximum atomic E-state index is 4.53. The van der Waals surface area contributed by atoms with Crippen molar-refractivity contribution in [1.29, 1.82) is 0 Å². The van der Waals surface area contributed by atoms with Crippen molar-refractivity contribution in [3.63, 3.8) is 0 Å². The zero-order chi connectivity index (χ0) is 21.6. The Morgan fingerprint density at radius 3 is 0.906 bits per heavy atom. The number of hydrogen-bond donors (Lipinski definition) is 0. The number of nitrogens with zero attached hydrogens (tertiary/aromatic N) is 4. The highest BCUT2D eigenvalue weighted by Gasteiger charge is 2.23. The molecule has 0 aromatic heterocycles. The lowest BCUT2D eigenvalue weighted by Gasteiger charge is -2.20. The van der Waals surface area contributed by atoms with Gasteiger partial charge in [-0.2, -0.15) is 0 Å². The predicted molar refractivity (Wildman–Crippen MR) is 129 cm³/mol. The molecule has 0 radical (unpaired) electrons. The quantitative estimate of drug-likeness (QED) is 0.326. The van der Waals surface area contributed by atoms with Gasteiger partial charge in [0.25, 0.3) is 0 Å². The molecule has 0 aliphatic carbocycles. The lowest BCUT2D eigenvalue weighted by atomic mass is 9.86. The highest BCUT2D eigenvalue weighted by molar-refractivity contribution is 6.21. The van der Waals surface area contributed by atoms with Gasteiger partial charge < -0.3 is 0 Å². The van der Waals surface area contributed by atoms with Crippen molar-refractivity contribution in [2.75, 3.05) is 0 Å². The smallest absolute Gasteiger partial charge is 0.103 e. The Morgan fingerprint density at radius 2 is 0.594 bits per heavy atom. The van der Waals surface area contributed by atoms with Gasteiger partial charge in [0, 0.05) is 22.3 Å². The molecule has 5 rings (SSSR count). The van der Waals surface area contributed by atoms with E-state index in [1.54, 1.807) is 0 Å². The van der Waals surface area contributed by atoms with Gasteiger partial charge in [0.2, 0.25) is 0 Å². The van der Waals surface area contributed by atoms with Gasteiger partial charge in [0.05, 0.1) is 0 Å². The molecule has 0 spiro atoms. The van der Waals surface area contributed by atoms with Crippen LogP contribution in [0.1, 0.15) is 22.3 Å². The Morgan fingerprint density at radius 1 is 0.312 bits per heavy atom. The van der Waals surface area contributed by atoms with E-state index in [2.05, 4.69) is 44.9 Å². The number of rotatable bonds is 4. The van der Waals surface area contributed by atoms with Gasteiger partial charge in [-0.05, 0) is 21.6 Å². The molecule has 0 saturated heterocycles. The molecule has 1 aliphatic heterocycles. The van der Waals surface area contributed by atoms with Crippen LogP contribution < -0.4 is 0 Å². The summed E-state index contributed by atoms with van der Waals surface area (Å²) in [7, 11) is 0. The first-order valence-electron chi connectivity index (χ1n) is 10.4. The Kier molecular flexibility index (Phi) is 5.58. The summed E-state index contributed by atoms with van der Waals surface area (Å²) in [5.41, 5.74) is 7.43. The molecule has 4 heteroatoms. The number of benzene rings is 4. The zero-order valence-corrected chi connectivity index (χ0v) is 17.3. The Hall–Kier alpha value is -4.44. The summed E-state index contributed by atoms with van der Waals surface area (Å²) in [6.07, 6.45) is 0. The minimum absolute atomic E-state index is 0.753. The van der Waals surface area contributed by atoms with Crippen molar-refractivity contribution < 1.29 is 0 Å². The average molecular weight is 412 g/mol. The molecule has 0 atom stereocenters. The molecule has 0 fully saturated rings. The third kappa shape index (κ3) is 3.94. The van der Waals surface area contributed by atoms with Crippen LogP contribution in [0.3, 0.4) is 0 Å². The van der Waals surface area contributed by atoms with Crippen molar-refractivity contribution in [3.8, 4) is 0 Å². The van der Waals surface area contributed by atoms with Gasteiger partial charge in [-0.25, -0.2) is 0 Å². The number of hydrogen-bond acceptors (Lipinski definition) is 4. The van der Waals surface area contributed by atoms with Crippen LogP contribution in [0.2, 0.25) is 0 Å². The topological polar surface area (TPSA) is 49.4 Å². The fraction of sp³-hybridized carbons (Fsp3) is 0. The summed E-state index contributed by atoms with van der Waals surface area (Å²) in [6, 6.07) is 40.7. The minimum atomic E-state index is 0.753. The Labute approximate surface area is 187 Å². The molecule has 4 aromatic carbocycles. The fourth-order valence-electron chi connectivity index (χ4n) is 3.83. The molecule has 4 nitrogen and oxygen atoms in total. The van der Waals surface area contributed by atoms with Crippen LogP contribution in [0.25, 0.3) is 22.5 Å². The van der Waals surface area contributed by atoms with Gasteiger partial charge in [0.15, 0.2) is 0 Å². The summed E-state index contributed by atoms with van der Waals surface area (Å²) >= 11 is 0. The van der Waals surface area contributed by atoms with Gasteiger partial charge in [0.1, 0.15) is 11.4 Å². The second-order valence-electron chi connectivity index (χ2n) is 7.29. The van der Waals surface area contributed by atoms with E-state index in [1.165, 1.54) is 0 Å². The highest BCUT2D eigenvalue weighted by atomic mass is 15.5. The Balaban J connectivity index is 1.93. The van der Waals surface area contributed by atoms with Crippen molar-refractivity contribution in [1.82, 2.24) is 0 Å². The second kappa shape index (κ2) is 9.14. The first-order valence-corrected chi connectivity index (χ1v) is 10.4. The molecule has 0 bridgehead atoms.